The number of hydrogen-bond donors (Lipinski definition) is 0. The summed E-state index contributed by atoms with van der Waals surface area (Å²) in [6, 6.07) is 5.63. The molecule has 0 aliphatic rings. The van der Waals surface area contributed by atoms with Crippen molar-refractivity contribution in [3.63, 3.8) is 0 Å². The van der Waals surface area contributed by atoms with Crippen molar-refractivity contribution in [3.05, 3.63) is 72.5 Å². The van der Waals surface area contributed by atoms with Crippen LogP contribution in [0.1, 0.15) is 16.1 Å². The smallest absolute Gasteiger partial charge is 0.152 e. The van der Waals surface area contributed by atoms with Crippen molar-refractivity contribution in [2.45, 2.75) is 0 Å². The number of benzene rings is 1. The molecule has 0 saturated carbocycles. The first-order chi connectivity index (χ1) is 9.55. The SMILES string of the molecule is C=C/C(=C\C(=C)F)c1nc2cc(F)ccc2cc1C=O. The van der Waals surface area contributed by atoms with Crippen LogP contribution in [0.15, 0.2) is 55.4 Å². The van der Waals surface area contributed by atoms with E-state index in [2.05, 4.69) is 18.1 Å². The molecule has 0 radical (unpaired) electrons. The number of carbonyl (C=O) groups excluding carboxylic acids is 1. The third-order valence-electron chi connectivity index (χ3n) is 2.74. The van der Waals surface area contributed by atoms with E-state index >= 15 is 0 Å². The minimum atomic E-state index is -0.683. The predicted molar refractivity (Wildman–Crippen MR) is 75.5 cm³/mol. The molecule has 2 rings (SSSR count). The molecular formula is C16H11F2NO. The zero-order chi connectivity index (χ0) is 14.7. The minimum Gasteiger partial charge on any atom is -0.298 e. The van der Waals surface area contributed by atoms with Gasteiger partial charge in [-0.15, -0.1) is 0 Å². The van der Waals surface area contributed by atoms with E-state index in [4.69, 9.17) is 0 Å². The Morgan fingerprint density at radius 3 is 2.65 bits per heavy atom. The predicted octanol–water partition coefficient (Wildman–Crippen LogP) is 4.24. The molecule has 2 nitrogen and oxygen atoms in total. The van der Waals surface area contributed by atoms with Crippen LogP contribution in [0, 0.1) is 5.82 Å². The topological polar surface area (TPSA) is 30.0 Å². The summed E-state index contributed by atoms with van der Waals surface area (Å²) in [6.07, 6.45) is 3.10. The van der Waals surface area contributed by atoms with Crippen LogP contribution in [-0.4, -0.2) is 11.3 Å². The zero-order valence-corrected chi connectivity index (χ0v) is 10.6. The molecule has 0 atom stereocenters. The maximum Gasteiger partial charge on any atom is 0.152 e. The molecule has 1 aromatic carbocycles. The number of pyridine rings is 1. The molecule has 1 aromatic heterocycles. The van der Waals surface area contributed by atoms with E-state index in [1.807, 2.05) is 0 Å². The number of allylic oxidation sites excluding steroid dienone is 4. The van der Waals surface area contributed by atoms with Crippen LogP contribution < -0.4 is 0 Å². The number of nitrogens with zero attached hydrogens (tertiary/aromatic N) is 1. The lowest BCUT2D eigenvalue weighted by Crippen LogP contribution is -1.97. The summed E-state index contributed by atoms with van der Waals surface area (Å²) in [5.74, 6) is -1.12. The van der Waals surface area contributed by atoms with Crippen LogP contribution >= 0.6 is 0 Å². The van der Waals surface area contributed by atoms with Gasteiger partial charge in [0.1, 0.15) is 11.6 Å². The fourth-order valence-corrected chi connectivity index (χ4v) is 1.87. The maximum absolute atomic E-state index is 13.2. The minimum absolute atomic E-state index is 0.243. The Bertz CT molecular complexity index is 747. The van der Waals surface area contributed by atoms with Gasteiger partial charge in [0, 0.05) is 22.6 Å². The van der Waals surface area contributed by atoms with Gasteiger partial charge in [0.25, 0.3) is 0 Å². The van der Waals surface area contributed by atoms with Gasteiger partial charge in [-0.3, -0.25) is 4.79 Å². The maximum atomic E-state index is 13.2. The fourth-order valence-electron chi connectivity index (χ4n) is 1.87. The monoisotopic (exact) mass is 271 g/mol. The summed E-state index contributed by atoms with van der Waals surface area (Å²) >= 11 is 0. The first-order valence-electron chi connectivity index (χ1n) is 5.79. The lowest BCUT2D eigenvalue weighted by molar-refractivity contribution is 0.112. The fraction of sp³-hybridized carbons (Fsp3) is 0. The first-order valence-corrected chi connectivity index (χ1v) is 5.79. The Morgan fingerprint density at radius 2 is 2.05 bits per heavy atom. The number of aromatic nitrogens is 1. The average Bonchev–Trinajstić information content (AvgIpc) is 2.43. The first kappa shape index (κ1) is 13.8. The van der Waals surface area contributed by atoms with Crippen molar-refractivity contribution in [2.24, 2.45) is 0 Å². The highest BCUT2D eigenvalue weighted by atomic mass is 19.1. The molecule has 0 spiro atoms. The number of carbonyl (C=O) groups is 1. The highest BCUT2D eigenvalue weighted by Gasteiger charge is 2.10. The molecule has 0 fully saturated rings. The Kier molecular flexibility index (Phi) is 3.84. The summed E-state index contributed by atoms with van der Waals surface area (Å²) in [5.41, 5.74) is 1.21. The van der Waals surface area contributed by atoms with Gasteiger partial charge in [-0.25, -0.2) is 13.8 Å². The molecule has 0 unspecified atom stereocenters. The van der Waals surface area contributed by atoms with E-state index in [0.29, 0.717) is 22.8 Å². The molecule has 20 heavy (non-hydrogen) atoms. The van der Waals surface area contributed by atoms with Gasteiger partial charge in [0.05, 0.1) is 11.2 Å². The van der Waals surface area contributed by atoms with Gasteiger partial charge >= 0.3 is 0 Å². The van der Waals surface area contributed by atoms with Crippen molar-refractivity contribution in [1.29, 1.82) is 0 Å². The summed E-state index contributed by atoms with van der Waals surface area (Å²) in [4.78, 5) is 15.4. The van der Waals surface area contributed by atoms with Crippen LogP contribution in [0.3, 0.4) is 0 Å². The van der Waals surface area contributed by atoms with Crippen LogP contribution in [0.25, 0.3) is 16.5 Å². The summed E-state index contributed by atoms with van der Waals surface area (Å²) in [5, 5.41) is 0.625. The molecule has 100 valence electrons. The van der Waals surface area contributed by atoms with Gasteiger partial charge < -0.3 is 0 Å². The van der Waals surface area contributed by atoms with Gasteiger partial charge in [0.2, 0.25) is 0 Å². The second kappa shape index (κ2) is 5.57. The van der Waals surface area contributed by atoms with E-state index in [1.165, 1.54) is 24.3 Å². The third kappa shape index (κ3) is 2.69. The Morgan fingerprint density at radius 1 is 1.30 bits per heavy atom. The van der Waals surface area contributed by atoms with Crippen molar-refractivity contribution in [2.75, 3.05) is 0 Å². The summed E-state index contributed by atoms with van der Waals surface area (Å²) in [6.45, 7) is 6.69. The number of aldehydes is 1. The molecule has 1 heterocycles. The molecule has 0 amide bonds. The van der Waals surface area contributed by atoms with E-state index in [9.17, 15) is 13.6 Å². The summed E-state index contributed by atoms with van der Waals surface area (Å²) < 4.78 is 26.2. The van der Waals surface area contributed by atoms with Crippen molar-refractivity contribution >= 4 is 22.8 Å². The molecule has 0 N–H and O–H groups in total. The molecular weight excluding hydrogens is 260 g/mol. The van der Waals surface area contributed by atoms with Crippen molar-refractivity contribution in [3.8, 4) is 0 Å². The van der Waals surface area contributed by atoms with E-state index in [-0.39, 0.29) is 11.3 Å². The lowest BCUT2D eigenvalue weighted by atomic mass is 10.0. The summed E-state index contributed by atoms with van der Waals surface area (Å²) in [7, 11) is 0. The van der Waals surface area contributed by atoms with Crippen LogP contribution in [0.4, 0.5) is 8.78 Å². The largest absolute Gasteiger partial charge is 0.298 e. The van der Waals surface area contributed by atoms with Crippen LogP contribution in [0.5, 0.6) is 0 Å². The number of halogens is 2. The third-order valence-corrected chi connectivity index (χ3v) is 2.74. The average molecular weight is 271 g/mol. The highest BCUT2D eigenvalue weighted by Crippen LogP contribution is 2.24. The van der Waals surface area contributed by atoms with E-state index in [0.717, 1.165) is 6.08 Å². The quantitative estimate of drug-likeness (QED) is 0.615. The highest BCUT2D eigenvalue weighted by molar-refractivity contribution is 5.93. The zero-order valence-electron chi connectivity index (χ0n) is 10.6. The standard InChI is InChI=1S/C16H11F2NO/c1-3-11(6-10(2)17)16-13(9-20)7-12-4-5-14(18)8-15(12)19-16/h3-9H,1-2H2/b11-6+. The van der Waals surface area contributed by atoms with Gasteiger partial charge in [0.15, 0.2) is 6.29 Å². The molecule has 2 aromatic rings. The molecule has 0 aliphatic carbocycles. The normalized spacial score (nSPS) is 11.4. The van der Waals surface area contributed by atoms with Crippen molar-refractivity contribution < 1.29 is 13.6 Å². The Hall–Kier alpha value is -2.62. The van der Waals surface area contributed by atoms with E-state index in [1.54, 1.807) is 6.07 Å². The second-order valence-corrected chi connectivity index (χ2v) is 4.13. The van der Waals surface area contributed by atoms with E-state index < -0.39 is 11.6 Å². The number of fused-ring (bicyclic) bond motifs is 1. The van der Waals surface area contributed by atoms with Gasteiger partial charge in [-0.2, -0.15) is 0 Å². The number of rotatable bonds is 4. The second-order valence-electron chi connectivity index (χ2n) is 4.13. The Labute approximate surface area is 114 Å². The van der Waals surface area contributed by atoms with Crippen LogP contribution in [-0.2, 0) is 0 Å². The Balaban J connectivity index is 2.76. The van der Waals surface area contributed by atoms with Crippen molar-refractivity contribution in [1.82, 2.24) is 4.98 Å². The number of hydrogen-bond acceptors (Lipinski definition) is 2. The van der Waals surface area contributed by atoms with Gasteiger partial charge in [-0.05, 0) is 24.3 Å². The molecule has 4 heteroatoms. The molecule has 0 aliphatic heterocycles. The molecule has 0 bridgehead atoms. The lowest BCUT2D eigenvalue weighted by Gasteiger charge is -2.07. The molecule has 0 saturated heterocycles. The van der Waals surface area contributed by atoms with Crippen LogP contribution in [0.2, 0.25) is 0 Å². The van der Waals surface area contributed by atoms with Gasteiger partial charge in [-0.1, -0.05) is 19.2 Å².